The second kappa shape index (κ2) is 5.71. The SMILES string of the molecule is CCC1CCCN(C(=O)OC(C)(C)C)C1CO. The normalized spacial score (nSPS) is 25.8. The number of amides is 1. The first-order chi connectivity index (χ1) is 7.89. The van der Waals surface area contributed by atoms with E-state index in [1.807, 2.05) is 20.8 Å². The summed E-state index contributed by atoms with van der Waals surface area (Å²) < 4.78 is 5.38. The van der Waals surface area contributed by atoms with Crippen molar-refractivity contribution in [3.63, 3.8) is 0 Å². The lowest BCUT2D eigenvalue weighted by Gasteiger charge is -2.40. The van der Waals surface area contributed by atoms with E-state index < -0.39 is 5.60 Å². The summed E-state index contributed by atoms with van der Waals surface area (Å²) in [6.07, 6.45) is 2.77. The zero-order chi connectivity index (χ0) is 13.1. The molecule has 0 aliphatic carbocycles. The van der Waals surface area contributed by atoms with Gasteiger partial charge in [0.1, 0.15) is 5.60 Å². The molecule has 1 rings (SSSR count). The highest BCUT2D eigenvalue weighted by atomic mass is 16.6. The molecule has 4 nitrogen and oxygen atoms in total. The Morgan fingerprint density at radius 3 is 2.59 bits per heavy atom. The molecule has 1 N–H and O–H groups in total. The van der Waals surface area contributed by atoms with Crippen LogP contribution in [0.25, 0.3) is 0 Å². The highest BCUT2D eigenvalue weighted by Gasteiger charge is 2.35. The molecule has 1 heterocycles. The van der Waals surface area contributed by atoms with E-state index in [1.54, 1.807) is 4.90 Å². The maximum atomic E-state index is 12.0. The zero-order valence-electron chi connectivity index (χ0n) is 11.4. The largest absolute Gasteiger partial charge is 0.444 e. The van der Waals surface area contributed by atoms with Crippen molar-refractivity contribution < 1.29 is 14.6 Å². The summed E-state index contributed by atoms with van der Waals surface area (Å²) in [6.45, 7) is 8.40. The Morgan fingerprint density at radius 2 is 2.12 bits per heavy atom. The molecule has 1 saturated heterocycles. The second-order valence-corrected chi connectivity index (χ2v) is 5.73. The van der Waals surface area contributed by atoms with Crippen molar-refractivity contribution in [2.45, 2.75) is 58.6 Å². The van der Waals surface area contributed by atoms with Gasteiger partial charge in [-0.15, -0.1) is 0 Å². The summed E-state index contributed by atoms with van der Waals surface area (Å²) in [4.78, 5) is 13.7. The minimum atomic E-state index is -0.476. The van der Waals surface area contributed by atoms with E-state index in [0.717, 1.165) is 19.3 Å². The molecule has 17 heavy (non-hydrogen) atoms. The van der Waals surface area contributed by atoms with Gasteiger partial charge in [0.05, 0.1) is 12.6 Å². The molecule has 0 aromatic carbocycles. The van der Waals surface area contributed by atoms with Gasteiger partial charge in [-0.1, -0.05) is 13.3 Å². The predicted molar refractivity (Wildman–Crippen MR) is 66.8 cm³/mol. The van der Waals surface area contributed by atoms with Crippen LogP contribution in [0, 0.1) is 5.92 Å². The van der Waals surface area contributed by atoms with Gasteiger partial charge < -0.3 is 14.7 Å². The smallest absolute Gasteiger partial charge is 0.410 e. The molecule has 0 radical (unpaired) electrons. The maximum Gasteiger partial charge on any atom is 0.410 e. The second-order valence-electron chi connectivity index (χ2n) is 5.73. The van der Waals surface area contributed by atoms with Gasteiger partial charge in [0, 0.05) is 6.54 Å². The van der Waals surface area contributed by atoms with Gasteiger partial charge in [-0.2, -0.15) is 0 Å². The number of aliphatic hydroxyl groups is 1. The van der Waals surface area contributed by atoms with Crippen LogP contribution in [-0.4, -0.2) is 40.9 Å². The highest BCUT2D eigenvalue weighted by Crippen LogP contribution is 2.27. The first-order valence-corrected chi connectivity index (χ1v) is 6.49. The molecule has 100 valence electrons. The number of rotatable bonds is 2. The third-order valence-corrected chi connectivity index (χ3v) is 3.26. The summed E-state index contributed by atoms with van der Waals surface area (Å²) in [5.41, 5.74) is -0.476. The molecule has 0 aromatic heterocycles. The van der Waals surface area contributed by atoms with Gasteiger partial charge in [0.2, 0.25) is 0 Å². The van der Waals surface area contributed by atoms with Crippen molar-refractivity contribution in [1.82, 2.24) is 4.90 Å². The standard InChI is InChI=1S/C13H25NO3/c1-5-10-7-6-8-14(11(10)9-15)12(16)17-13(2,3)4/h10-11,15H,5-9H2,1-4H3. The molecule has 1 aliphatic heterocycles. The van der Waals surface area contributed by atoms with Crippen LogP contribution in [0.1, 0.15) is 47.0 Å². The minimum absolute atomic E-state index is 0.0255. The van der Waals surface area contributed by atoms with Gasteiger partial charge in [-0.05, 0) is 39.5 Å². The van der Waals surface area contributed by atoms with E-state index in [4.69, 9.17) is 4.74 Å². The van der Waals surface area contributed by atoms with E-state index in [2.05, 4.69) is 6.92 Å². The first-order valence-electron chi connectivity index (χ1n) is 6.49. The molecule has 0 saturated carbocycles. The number of nitrogens with zero attached hydrogens (tertiary/aromatic N) is 1. The van der Waals surface area contributed by atoms with Gasteiger partial charge in [-0.25, -0.2) is 4.79 Å². The van der Waals surface area contributed by atoms with E-state index in [0.29, 0.717) is 12.5 Å². The Labute approximate surface area is 104 Å². The number of carbonyl (C=O) groups is 1. The van der Waals surface area contributed by atoms with E-state index >= 15 is 0 Å². The lowest BCUT2D eigenvalue weighted by molar-refractivity contribution is -0.0116. The maximum absolute atomic E-state index is 12.0. The molecule has 1 amide bonds. The van der Waals surface area contributed by atoms with Gasteiger partial charge in [0.25, 0.3) is 0 Å². The number of carbonyl (C=O) groups excluding carboxylic acids is 1. The third-order valence-electron chi connectivity index (χ3n) is 3.26. The van der Waals surface area contributed by atoms with Crippen molar-refractivity contribution in [2.75, 3.05) is 13.2 Å². The predicted octanol–water partition coefficient (Wildman–Crippen LogP) is 2.40. The summed E-state index contributed by atoms with van der Waals surface area (Å²) >= 11 is 0. The monoisotopic (exact) mass is 243 g/mol. The lowest BCUT2D eigenvalue weighted by Crippen LogP contribution is -2.51. The quantitative estimate of drug-likeness (QED) is 0.810. The number of ether oxygens (including phenoxy) is 1. The fourth-order valence-corrected chi connectivity index (χ4v) is 2.41. The average molecular weight is 243 g/mol. The Balaban J connectivity index is 2.70. The molecular weight excluding hydrogens is 218 g/mol. The topological polar surface area (TPSA) is 49.8 Å². The number of hydrogen-bond acceptors (Lipinski definition) is 3. The number of piperidine rings is 1. The number of likely N-dealkylation sites (tertiary alicyclic amines) is 1. The van der Waals surface area contributed by atoms with Crippen molar-refractivity contribution in [1.29, 1.82) is 0 Å². The van der Waals surface area contributed by atoms with Crippen LogP contribution in [0.5, 0.6) is 0 Å². The van der Waals surface area contributed by atoms with Crippen LogP contribution in [0.2, 0.25) is 0 Å². The van der Waals surface area contributed by atoms with Crippen molar-refractivity contribution in [3.05, 3.63) is 0 Å². The van der Waals surface area contributed by atoms with E-state index in [-0.39, 0.29) is 18.7 Å². The van der Waals surface area contributed by atoms with Crippen LogP contribution in [0.3, 0.4) is 0 Å². The summed E-state index contributed by atoms with van der Waals surface area (Å²) in [5, 5.41) is 9.46. The molecule has 2 unspecified atom stereocenters. The summed E-state index contributed by atoms with van der Waals surface area (Å²) in [6, 6.07) is -0.0800. The molecule has 0 bridgehead atoms. The zero-order valence-corrected chi connectivity index (χ0v) is 11.4. The Bertz CT molecular complexity index is 260. The highest BCUT2D eigenvalue weighted by molar-refractivity contribution is 5.68. The fourth-order valence-electron chi connectivity index (χ4n) is 2.41. The lowest BCUT2D eigenvalue weighted by atomic mass is 9.88. The Morgan fingerprint density at radius 1 is 1.47 bits per heavy atom. The number of hydrogen-bond donors (Lipinski definition) is 1. The van der Waals surface area contributed by atoms with Gasteiger partial charge in [-0.3, -0.25) is 0 Å². The van der Waals surface area contributed by atoms with E-state index in [9.17, 15) is 9.90 Å². The summed E-state index contributed by atoms with van der Waals surface area (Å²) in [7, 11) is 0. The van der Waals surface area contributed by atoms with Crippen LogP contribution in [0.4, 0.5) is 4.79 Å². The number of aliphatic hydroxyl groups excluding tert-OH is 1. The van der Waals surface area contributed by atoms with Crippen LogP contribution in [-0.2, 0) is 4.74 Å². The summed E-state index contributed by atoms with van der Waals surface area (Å²) in [5.74, 6) is 0.390. The molecule has 1 aliphatic rings. The third kappa shape index (κ3) is 3.87. The first kappa shape index (κ1) is 14.3. The van der Waals surface area contributed by atoms with Crippen LogP contribution >= 0.6 is 0 Å². The molecule has 2 atom stereocenters. The minimum Gasteiger partial charge on any atom is -0.444 e. The molecule has 0 aromatic rings. The van der Waals surface area contributed by atoms with E-state index in [1.165, 1.54) is 0 Å². The molecule has 4 heteroatoms. The van der Waals surface area contributed by atoms with Crippen LogP contribution in [0.15, 0.2) is 0 Å². The average Bonchev–Trinajstić information content (AvgIpc) is 2.25. The van der Waals surface area contributed by atoms with Gasteiger partial charge in [0.15, 0.2) is 0 Å². The Kier molecular flexibility index (Phi) is 4.80. The Hall–Kier alpha value is -0.770. The van der Waals surface area contributed by atoms with Gasteiger partial charge >= 0.3 is 6.09 Å². The van der Waals surface area contributed by atoms with Crippen molar-refractivity contribution >= 4 is 6.09 Å². The molecular formula is C13H25NO3. The molecule has 1 fully saturated rings. The fraction of sp³-hybridized carbons (Fsp3) is 0.923. The molecule has 0 spiro atoms. The van der Waals surface area contributed by atoms with Crippen molar-refractivity contribution in [3.8, 4) is 0 Å². The van der Waals surface area contributed by atoms with Crippen LogP contribution < -0.4 is 0 Å². The van der Waals surface area contributed by atoms with Crippen molar-refractivity contribution in [2.24, 2.45) is 5.92 Å².